The number of hydrogen-bond acceptors (Lipinski definition) is 5. The number of carbonyl (C=O) groups excluding carboxylic acids is 2. The van der Waals surface area contributed by atoms with Crippen LogP contribution in [-0.2, 0) is 14.3 Å². The van der Waals surface area contributed by atoms with Gasteiger partial charge in [0.2, 0.25) is 0 Å². The van der Waals surface area contributed by atoms with E-state index in [1.807, 2.05) is 0 Å². The fraction of sp³-hybridized carbons (Fsp3) is 0.364. The Morgan fingerprint density at radius 1 is 1.33 bits per heavy atom. The molecule has 0 aromatic carbocycles. The molecule has 0 aliphatic carbocycles. The Hall–Kier alpha value is -1.63. The molecule has 0 amide bonds. The average molecular weight is 318 g/mol. The number of pyridine rings is 1. The van der Waals surface area contributed by atoms with E-state index < -0.39 is 23.5 Å². The predicted octanol–water partition coefficient (Wildman–Crippen LogP) is 1.13. The molecular weight excluding hydrogens is 306 g/mol. The molecule has 1 atom stereocenters. The highest BCUT2D eigenvalue weighted by Gasteiger charge is 2.20. The SMILES string of the molecule is COC(=O)c1cc(Br)c(=O)n([C@@H](C)C(=O)OC)c1. The van der Waals surface area contributed by atoms with Crippen LogP contribution in [-0.4, -0.2) is 30.7 Å². The molecule has 1 aromatic heterocycles. The lowest BCUT2D eigenvalue weighted by atomic mass is 10.2. The average Bonchev–Trinajstić information content (AvgIpc) is 2.38. The molecule has 1 aromatic rings. The van der Waals surface area contributed by atoms with E-state index in [4.69, 9.17) is 0 Å². The smallest absolute Gasteiger partial charge is 0.339 e. The zero-order chi connectivity index (χ0) is 13.9. The lowest BCUT2D eigenvalue weighted by molar-refractivity contribution is -0.144. The zero-order valence-electron chi connectivity index (χ0n) is 10.1. The van der Waals surface area contributed by atoms with Crippen LogP contribution in [0.3, 0.4) is 0 Å². The van der Waals surface area contributed by atoms with Crippen LogP contribution in [0.15, 0.2) is 21.5 Å². The van der Waals surface area contributed by atoms with E-state index in [2.05, 4.69) is 25.4 Å². The second-order valence-electron chi connectivity index (χ2n) is 3.48. The van der Waals surface area contributed by atoms with Crippen molar-refractivity contribution in [1.29, 1.82) is 0 Å². The first-order valence-electron chi connectivity index (χ1n) is 5.00. The summed E-state index contributed by atoms with van der Waals surface area (Å²) >= 11 is 3.04. The maximum absolute atomic E-state index is 11.8. The first-order valence-corrected chi connectivity index (χ1v) is 5.79. The second-order valence-corrected chi connectivity index (χ2v) is 4.33. The Bertz CT molecular complexity index is 537. The Balaban J connectivity index is 3.35. The molecule has 0 unspecified atom stereocenters. The molecule has 0 aliphatic rings. The van der Waals surface area contributed by atoms with Crippen molar-refractivity contribution in [1.82, 2.24) is 4.57 Å². The van der Waals surface area contributed by atoms with E-state index in [0.717, 1.165) is 4.57 Å². The van der Waals surface area contributed by atoms with Crippen LogP contribution in [0.1, 0.15) is 23.3 Å². The minimum Gasteiger partial charge on any atom is -0.467 e. The van der Waals surface area contributed by atoms with E-state index >= 15 is 0 Å². The van der Waals surface area contributed by atoms with Crippen molar-refractivity contribution in [3.8, 4) is 0 Å². The summed E-state index contributed by atoms with van der Waals surface area (Å²) in [5.74, 6) is -1.17. The summed E-state index contributed by atoms with van der Waals surface area (Å²) in [4.78, 5) is 34.7. The number of ether oxygens (including phenoxy) is 2. The Morgan fingerprint density at radius 3 is 2.44 bits per heavy atom. The number of carbonyl (C=O) groups is 2. The normalized spacial score (nSPS) is 11.8. The summed E-state index contributed by atoms with van der Waals surface area (Å²) in [6.45, 7) is 1.50. The monoisotopic (exact) mass is 317 g/mol. The van der Waals surface area contributed by atoms with Crippen LogP contribution in [0.25, 0.3) is 0 Å². The number of esters is 2. The van der Waals surface area contributed by atoms with Gasteiger partial charge in [0.15, 0.2) is 0 Å². The van der Waals surface area contributed by atoms with E-state index in [1.165, 1.54) is 33.4 Å². The molecule has 0 N–H and O–H groups in total. The second kappa shape index (κ2) is 5.81. The van der Waals surface area contributed by atoms with Crippen molar-refractivity contribution in [3.63, 3.8) is 0 Å². The summed E-state index contributed by atoms with van der Waals surface area (Å²) in [5, 5.41) is 0. The van der Waals surface area contributed by atoms with Crippen LogP contribution in [0.5, 0.6) is 0 Å². The van der Waals surface area contributed by atoms with Crippen molar-refractivity contribution in [2.45, 2.75) is 13.0 Å². The minimum atomic E-state index is -0.830. The van der Waals surface area contributed by atoms with Crippen LogP contribution in [0.4, 0.5) is 0 Å². The van der Waals surface area contributed by atoms with Crippen LogP contribution in [0, 0.1) is 0 Å². The fourth-order valence-electron chi connectivity index (χ4n) is 1.37. The largest absolute Gasteiger partial charge is 0.467 e. The zero-order valence-corrected chi connectivity index (χ0v) is 11.7. The number of rotatable bonds is 3. The van der Waals surface area contributed by atoms with Gasteiger partial charge < -0.3 is 9.47 Å². The number of methoxy groups -OCH3 is 2. The van der Waals surface area contributed by atoms with Crippen molar-refractivity contribution < 1.29 is 19.1 Å². The van der Waals surface area contributed by atoms with Gasteiger partial charge in [-0.05, 0) is 28.9 Å². The highest BCUT2D eigenvalue weighted by molar-refractivity contribution is 9.10. The molecule has 0 radical (unpaired) electrons. The van der Waals surface area contributed by atoms with Crippen molar-refractivity contribution in [2.24, 2.45) is 0 Å². The quantitative estimate of drug-likeness (QED) is 0.781. The number of halogens is 1. The molecule has 0 aliphatic heterocycles. The highest BCUT2D eigenvalue weighted by Crippen LogP contribution is 2.12. The lowest BCUT2D eigenvalue weighted by Crippen LogP contribution is -2.30. The summed E-state index contributed by atoms with van der Waals surface area (Å²) in [5.41, 5.74) is -0.264. The van der Waals surface area contributed by atoms with Gasteiger partial charge in [0.05, 0.1) is 24.3 Å². The third-order valence-corrected chi connectivity index (χ3v) is 2.95. The predicted molar refractivity (Wildman–Crippen MR) is 66.5 cm³/mol. The number of nitrogens with zero attached hydrogens (tertiary/aromatic N) is 1. The molecule has 18 heavy (non-hydrogen) atoms. The Kier molecular flexibility index (Phi) is 4.66. The number of hydrogen-bond donors (Lipinski definition) is 0. The van der Waals surface area contributed by atoms with Crippen LogP contribution >= 0.6 is 15.9 Å². The lowest BCUT2D eigenvalue weighted by Gasteiger charge is -2.14. The van der Waals surface area contributed by atoms with Crippen LogP contribution in [0.2, 0.25) is 0 Å². The van der Waals surface area contributed by atoms with Crippen molar-refractivity contribution in [3.05, 3.63) is 32.7 Å². The number of aromatic nitrogens is 1. The maximum atomic E-state index is 11.8. The van der Waals surface area contributed by atoms with Gasteiger partial charge in [0.25, 0.3) is 5.56 Å². The molecule has 0 bridgehead atoms. The van der Waals surface area contributed by atoms with Gasteiger partial charge in [-0.3, -0.25) is 9.36 Å². The van der Waals surface area contributed by atoms with E-state index in [-0.39, 0.29) is 10.0 Å². The van der Waals surface area contributed by atoms with Gasteiger partial charge in [0.1, 0.15) is 6.04 Å². The van der Waals surface area contributed by atoms with Crippen molar-refractivity contribution >= 4 is 27.9 Å². The third kappa shape index (κ3) is 2.79. The molecule has 1 rings (SSSR count). The van der Waals surface area contributed by atoms with E-state index in [0.29, 0.717) is 0 Å². The molecule has 0 spiro atoms. The fourth-order valence-corrected chi connectivity index (χ4v) is 1.82. The van der Waals surface area contributed by atoms with Gasteiger partial charge >= 0.3 is 11.9 Å². The Morgan fingerprint density at radius 2 is 1.94 bits per heavy atom. The van der Waals surface area contributed by atoms with Gasteiger partial charge in [-0.15, -0.1) is 0 Å². The summed E-state index contributed by atoms with van der Waals surface area (Å²) in [7, 11) is 2.46. The van der Waals surface area contributed by atoms with Crippen molar-refractivity contribution in [2.75, 3.05) is 14.2 Å². The van der Waals surface area contributed by atoms with Crippen LogP contribution < -0.4 is 5.56 Å². The standard InChI is InChI=1S/C11H12BrNO5/c1-6(10(15)17-2)13-5-7(11(16)18-3)4-8(12)9(13)14/h4-6H,1-3H3/t6-/m0/s1. The topological polar surface area (TPSA) is 74.6 Å². The summed E-state index contributed by atoms with van der Waals surface area (Å²) in [6, 6.07) is 0.512. The van der Waals surface area contributed by atoms with Gasteiger partial charge in [-0.1, -0.05) is 0 Å². The molecule has 7 heteroatoms. The summed E-state index contributed by atoms with van der Waals surface area (Å²) < 4.78 is 10.4. The van der Waals surface area contributed by atoms with E-state index in [9.17, 15) is 14.4 Å². The maximum Gasteiger partial charge on any atom is 0.339 e. The highest BCUT2D eigenvalue weighted by atomic mass is 79.9. The first kappa shape index (κ1) is 14.4. The minimum absolute atomic E-state index is 0.166. The molecule has 0 saturated heterocycles. The van der Waals surface area contributed by atoms with Gasteiger partial charge in [-0.25, -0.2) is 9.59 Å². The molecular formula is C11H12BrNO5. The molecule has 98 valence electrons. The van der Waals surface area contributed by atoms with Gasteiger partial charge in [-0.2, -0.15) is 0 Å². The summed E-state index contributed by atoms with van der Waals surface area (Å²) in [6.07, 6.45) is 1.26. The van der Waals surface area contributed by atoms with E-state index in [1.54, 1.807) is 0 Å². The molecule has 0 saturated carbocycles. The van der Waals surface area contributed by atoms with Gasteiger partial charge in [0, 0.05) is 6.20 Å². The first-order chi connectivity index (χ1) is 8.42. The molecule has 6 nitrogen and oxygen atoms in total. The Labute approximate surface area is 112 Å². The molecule has 1 heterocycles. The third-order valence-electron chi connectivity index (χ3n) is 2.38. The molecule has 0 fully saturated rings.